The van der Waals surface area contributed by atoms with Crippen LogP contribution in [0.25, 0.3) is 10.9 Å². The second kappa shape index (κ2) is 7.87. The highest BCUT2D eigenvalue weighted by Gasteiger charge is 2.25. The Morgan fingerprint density at radius 1 is 1.14 bits per heavy atom. The molecule has 0 aliphatic carbocycles. The fourth-order valence-corrected chi connectivity index (χ4v) is 2.73. The van der Waals surface area contributed by atoms with Crippen LogP contribution in [0.2, 0.25) is 0 Å². The van der Waals surface area contributed by atoms with Crippen LogP contribution < -0.4 is 10.9 Å². The number of aliphatic carboxylic acids is 1. The number of phenols is 1. The van der Waals surface area contributed by atoms with Crippen molar-refractivity contribution in [3.63, 3.8) is 0 Å². The number of carboxylic acids is 1. The molecule has 0 spiro atoms. The Balaban J connectivity index is 1.80. The van der Waals surface area contributed by atoms with Gasteiger partial charge in [-0.05, 0) is 36.8 Å². The van der Waals surface area contributed by atoms with Gasteiger partial charge in [0.1, 0.15) is 23.3 Å². The van der Waals surface area contributed by atoms with Crippen LogP contribution in [0.15, 0.2) is 53.3 Å². The molecule has 0 bridgehead atoms. The molecular weight excluding hydrogens is 364 g/mol. The summed E-state index contributed by atoms with van der Waals surface area (Å²) in [7, 11) is 0. The zero-order valence-corrected chi connectivity index (χ0v) is 14.9. The molecule has 3 N–H and O–H groups in total. The number of benzene rings is 2. The average Bonchev–Trinajstić information content (AvgIpc) is 2.69. The van der Waals surface area contributed by atoms with E-state index in [-0.39, 0.29) is 12.2 Å². The second-order valence-corrected chi connectivity index (χ2v) is 6.30. The second-order valence-electron chi connectivity index (χ2n) is 6.30. The number of phenolic OH excluding ortho intramolecular Hbond substituents is 1. The van der Waals surface area contributed by atoms with E-state index < -0.39 is 29.5 Å². The van der Waals surface area contributed by atoms with Crippen molar-refractivity contribution in [2.75, 3.05) is 0 Å². The number of carbonyl (C=O) groups is 2. The molecule has 144 valence electrons. The van der Waals surface area contributed by atoms with Gasteiger partial charge in [-0.2, -0.15) is 4.68 Å². The Bertz CT molecular complexity index is 1080. The standard InChI is InChI=1S/C19H18N4O5/c1-11(23-18(26)14-4-2-3-5-15(14)21-22-23)17(25)20-16(19(27)28)10-12-6-8-13(24)9-7-12/h2-9,11,16,24H,10H2,1H3,(H,20,25)(H,27,28). The Kier molecular flexibility index (Phi) is 5.35. The summed E-state index contributed by atoms with van der Waals surface area (Å²) in [5, 5.41) is 29.2. The Hall–Kier alpha value is -3.75. The van der Waals surface area contributed by atoms with Crippen LogP contribution in [0.3, 0.4) is 0 Å². The first kappa shape index (κ1) is 19.0. The molecule has 2 atom stereocenters. The van der Waals surface area contributed by atoms with Crippen LogP contribution in [0.5, 0.6) is 5.75 Å². The molecule has 1 aromatic heterocycles. The van der Waals surface area contributed by atoms with Crippen LogP contribution >= 0.6 is 0 Å². The molecular formula is C19H18N4O5. The maximum atomic E-state index is 12.6. The number of nitrogens with one attached hydrogen (secondary N) is 1. The number of aromatic nitrogens is 3. The maximum absolute atomic E-state index is 12.6. The molecule has 0 fully saturated rings. The van der Waals surface area contributed by atoms with Gasteiger partial charge in [-0.25, -0.2) is 4.79 Å². The highest BCUT2D eigenvalue weighted by Crippen LogP contribution is 2.12. The first-order valence-electron chi connectivity index (χ1n) is 8.52. The number of hydrogen-bond acceptors (Lipinski definition) is 6. The van der Waals surface area contributed by atoms with E-state index in [1.807, 2.05) is 0 Å². The van der Waals surface area contributed by atoms with E-state index in [0.29, 0.717) is 16.5 Å². The zero-order chi connectivity index (χ0) is 20.3. The lowest BCUT2D eigenvalue weighted by Crippen LogP contribution is -2.46. The summed E-state index contributed by atoms with van der Waals surface area (Å²) >= 11 is 0. The van der Waals surface area contributed by atoms with Gasteiger partial charge in [0.2, 0.25) is 5.91 Å². The van der Waals surface area contributed by atoms with Crippen LogP contribution in [0.4, 0.5) is 0 Å². The highest BCUT2D eigenvalue weighted by molar-refractivity contribution is 5.86. The van der Waals surface area contributed by atoms with E-state index in [9.17, 15) is 24.6 Å². The van der Waals surface area contributed by atoms with Gasteiger partial charge in [-0.3, -0.25) is 9.59 Å². The predicted octanol–water partition coefficient (Wildman–Crippen LogP) is 0.870. The van der Waals surface area contributed by atoms with Crippen LogP contribution in [0.1, 0.15) is 18.5 Å². The van der Waals surface area contributed by atoms with Gasteiger partial charge in [0.15, 0.2) is 0 Å². The highest BCUT2D eigenvalue weighted by atomic mass is 16.4. The molecule has 9 heteroatoms. The van der Waals surface area contributed by atoms with Gasteiger partial charge in [0, 0.05) is 6.42 Å². The lowest BCUT2D eigenvalue weighted by molar-refractivity contribution is -0.142. The van der Waals surface area contributed by atoms with E-state index in [1.54, 1.807) is 36.4 Å². The summed E-state index contributed by atoms with van der Waals surface area (Å²) in [6, 6.07) is 10.4. The summed E-state index contributed by atoms with van der Waals surface area (Å²) in [5.41, 5.74) is 0.548. The number of rotatable bonds is 6. The quantitative estimate of drug-likeness (QED) is 0.576. The Morgan fingerprint density at radius 3 is 2.50 bits per heavy atom. The van der Waals surface area contributed by atoms with E-state index in [1.165, 1.54) is 19.1 Å². The Morgan fingerprint density at radius 2 is 1.82 bits per heavy atom. The number of amides is 1. The normalized spacial score (nSPS) is 13.0. The molecule has 0 radical (unpaired) electrons. The van der Waals surface area contributed by atoms with Crippen LogP contribution in [-0.4, -0.2) is 43.1 Å². The minimum absolute atomic E-state index is 0.0202. The van der Waals surface area contributed by atoms with E-state index in [0.717, 1.165) is 4.68 Å². The first-order chi connectivity index (χ1) is 13.4. The molecule has 3 aromatic rings. The summed E-state index contributed by atoms with van der Waals surface area (Å²) in [6.07, 6.45) is 0.0202. The lowest BCUT2D eigenvalue weighted by Gasteiger charge is -2.18. The third-order valence-electron chi connectivity index (χ3n) is 4.33. The molecule has 0 saturated carbocycles. The number of carboxylic acid groups (broad SMARTS) is 1. The van der Waals surface area contributed by atoms with Crippen molar-refractivity contribution in [2.24, 2.45) is 0 Å². The van der Waals surface area contributed by atoms with Crippen LogP contribution in [0, 0.1) is 0 Å². The number of carbonyl (C=O) groups excluding carboxylic acids is 1. The third kappa shape index (κ3) is 3.98. The van der Waals surface area contributed by atoms with Gasteiger partial charge in [0.05, 0.1) is 5.39 Å². The van der Waals surface area contributed by atoms with Crippen molar-refractivity contribution in [3.05, 3.63) is 64.4 Å². The SMILES string of the molecule is CC(C(=O)NC(Cc1ccc(O)cc1)C(=O)O)n1nnc2ccccc2c1=O. The van der Waals surface area contributed by atoms with E-state index >= 15 is 0 Å². The molecule has 28 heavy (non-hydrogen) atoms. The van der Waals surface area contributed by atoms with E-state index in [2.05, 4.69) is 15.6 Å². The van der Waals surface area contributed by atoms with Crippen molar-refractivity contribution in [1.29, 1.82) is 0 Å². The maximum Gasteiger partial charge on any atom is 0.326 e. The molecule has 1 amide bonds. The summed E-state index contributed by atoms with van der Waals surface area (Å²) < 4.78 is 0.928. The van der Waals surface area contributed by atoms with E-state index in [4.69, 9.17) is 0 Å². The fraction of sp³-hybridized carbons (Fsp3) is 0.211. The van der Waals surface area contributed by atoms with Gasteiger partial charge < -0.3 is 15.5 Å². The molecule has 0 saturated heterocycles. The van der Waals surface area contributed by atoms with Gasteiger partial charge >= 0.3 is 5.97 Å². The molecule has 0 aliphatic rings. The van der Waals surface area contributed by atoms with Crippen molar-refractivity contribution in [3.8, 4) is 5.75 Å². The minimum atomic E-state index is -1.22. The van der Waals surface area contributed by atoms with Crippen molar-refractivity contribution < 1.29 is 19.8 Å². The van der Waals surface area contributed by atoms with Crippen molar-refractivity contribution >= 4 is 22.8 Å². The first-order valence-corrected chi connectivity index (χ1v) is 8.52. The topological polar surface area (TPSA) is 134 Å². The predicted molar refractivity (Wildman–Crippen MR) is 99.9 cm³/mol. The van der Waals surface area contributed by atoms with Crippen LogP contribution in [-0.2, 0) is 16.0 Å². The van der Waals surface area contributed by atoms with Gasteiger partial charge in [0.25, 0.3) is 5.56 Å². The van der Waals surface area contributed by atoms with Gasteiger partial charge in [-0.1, -0.05) is 29.5 Å². The third-order valence-corrected chi connectivity index (χ3v) is 4.33. The summed E-state index contributed by atoms with van der Waals surface area (Å²) in [4.78, 5) is 36.7. The van der Waals surface area contributed by atoms with Crippen molar-refractivity contribution in [1.82, 2.24) is 20.3 Å². The smallest absolute Gasteiger partial charge is 0.326 e. The molecule has 3 rings (SSSR count). The monoisotopic (exact) mass is 382 g/mol. The Labute approximate surface area is 159 Å². The minimum Gasteiger partial charge on any atom is -0.508 e. The molecule has 2 unspecified atom stereocenters. The molecule has 1 heterocycles. The number of fused-ring (bicyclic) bond motifs is 1. The molecule has 9 nitrogen and oxygen atoms in total. The number of hydrogen-bond donors (Lipinski definition) is 3. The lowest BCUT2D eigenvalue weighted by atomic mass is 10.1. The zero-order valence-electron chi connectivity index (χ0n) is 14.9. The number of aromatic hydroxyl groups is 1. The summed E-state index contributed by atoms with van der Waals surface area (Å²) in [6.45, 7) is 1.44. The average molecular weight is 382 g/mol. The fourth-order valence-electron chi connectivity index (χ4n) is 2.73. The molecule has 2 aromatic carbocycles. The van der Waals surface area contributed by atoms with Crippen molar-refractivity contribution in [2.45, 2.75) is 25.4 Å². The number of nitrogens with zero attached hydrogens (tertiary/aromatic N) is 3. The van der Waals surface area contributed by atoms with Gasteiger partial charge in [-0.15, -0.1) is 5.10 Å². The largest absolute Gasteiger partial charge is 0.508 e. The molecule has 0 aliphatic heterocycles. The summed E-state index contributed by atoms with van der Waals surface area (Å²) in [5.74, 6) is -1.83.